The monoisotopic (exact) mass is 280 g/mol. The Hall–Kier alpha value is -1.75. The zero-order valence-electron chi connectivity index (χ0n) is 12.4. The van der Waals surface area contributed by atoms with Crippen molar-refractivity contribution >= 4 is 11.6 Å². The first-order chi connectivity index (χ1) is 9.38. The summed E-state index contributed by atoms with van der Waals surface area (Å²) < 4.78 is 5.35. The molecule has 5 nitrogen and oxygen atoms in total. The van der Waals surface area contributed by atoms with Crippen LogP contribution in [0.15, 0.2) is 18.2 Å². The summed E-state index contributed by atoms with van der Waals surface area (Å²) in [5.41, 5.74) is 5.76. The van der Waals surface area contributed by atoms with E-state index in [0.717, 1.165) is 6.42 Å². The molecule has 0 heterocycles. The van der Waals surface area contributed by atoms with Crippen LogP contribution in [0.3, 0.4) is 0 Å². The number of hydrogen-bond acceptors (Lipinski definition) is 4. The molecule has 1 aromatic rings. The molecule has 0 aromatic heterocycles. The van der Waals surface area contributed by atoms with E-state index in [1.54, 1.807) is 25.1 Å². The number of anilines is 1. The van der Waals surface area contributed by atoms with Crippen molar-refractivity contribution in [2.24, 2.45) is 0 Å². The van der Waals surface area contributed by atoms with Crippen molar-refractivity contribution in [2.45, 2.75) is 39.2 Å². The van der Waals surface area contributed by atoms with E-state index in [9.17, 15) is 9.90 Å². The van der Waals surface area contributed by atoms with Gasteiger partial charge in [0.05, 0.1) is 12.2 Å². The van der Waals surface area contributed by atoms with Crippen molar-refractivity contribution < 1.29 is 14.6 Å². The zero-order chi connectivity index (χ0) is 15.2. The summed E-state index contributed by atoms with van der Waals surface area (Å²) in [4.78, 5) is 12.1. The van der Waals surface area contributed by atoms with Gasteiger partial charge in [0.2, 0.25) is 0 Å². The average molecular weight is 280 g/mol. The van der Waals surface area contributed by atoms with E-state index in [0.29, 0.717) is 30.0 Å². The number of nitrogens with two attached hydrogens (primary N) is 1. The minimum atomic E-state index is -0.895. The highest BCUT2D eigenvalue weighted by Crippen LogP contribution is 2.19. The van der Waals surface area contributed by atoms with Crippen LogP contribution < -0.4 is 15.8 Å². The minimum absolute atomic E-state index is 0.207. The van der Waals surface area contributed by atoms with Crippen molar-refractivity contribution in [3.8, 4) is 5.75 Å². The number of carbonyl (C=O) groups excluding carboxylic acids is 1. The Kier molecular flexibility index (Phi) is 5.82. The lowest BCUT2D eigenvalue weighted by molar-refractivity contribution is 0.0469. The van der Waals surface area contributed by atoms with Gasteiger partial charge < -0.3 is 20.9 Å². The number of benzene rings is 1. The van der Waals surface area contributed by atoms with E-state index in [-0.39, 0.29) is 12.5 Å². The van der Waals surface area contributed by atoms with Crippen LogP contribution in [-0.4, -0.2) is 29.8 Å². The van der Waals surface area contributed by atoms with E-state index in [1.165, 1.54) is 0 Å². The quantitative estimate of drug-likeness (QED) is 0.666. The molecule has 4 N–H and O–H groups in total. The van der Waals surface area contributed by atoms with E-state index >= 15 is 0 Å². The smallest absolute Gasteiger partial charge is 0.251 e. The van der Waals surface area contributed by atoms with Crippen molar-refractivity contribution in [2.75, 3.05) is 18.9 Å². The summed E-state index contributed by atoms with van der Waals surface area (Å²) in [5, 5.41) is 12.8. The fourth-order valence-corrected chi connectivity index (χ4v) is 2.00. The van der Waals surface area contributed by atoms with E-state index in [4.69, 9.17) is 10.5 Å². The summed E-state index contributed by atoms with van der Waals surface area (Å²) in [7, 11) is 0. The Morgan fingerprint density at radius 2 is 2.10 bits per heavy atom. The van der Waals surface area contributed by atoms with Crippen LogP contribution in [0.2, 0.25) is 0 Å². The Balaban J connectivity index is 2.72. The molecule has 0 saturated carbocycles. The predicted molar refractivity (Wildman–Crippen MR) is 79.9 cm³/mol. The summed E-state index contributed by atoms with van der Waals surface area (Å²) in [6, 6.07) is 4.91. The van der Waals surface area contributed by atoms with Gasteiger partial charge in [0, 0.05) is 23.9 Å². The molecule has 0 saturated heterocycles. The fourth-order valence-electron chi connectivity index (χ4n) is 2.00. The molecule has 0 spiro atoms. The number of rotatable bonds is 7. The number of aliphatic hydroxyl groups is 1. The molecular formula is C15H24N2O3. The Morgan fingerprint density at radius 1 is 1.40 bits per heavy atom. The highest BCUT2D eigenvalue weighted by atomic mass is 16.5. The van der Waals surface area contributed by atoms with E-state index < -0.39 is 5.60 Å². The summed E-state index contributed by atoms with van der Waals surface area (Å²) in [6.07, 6.45) is 1.49. The van der Waals surface area contributed by atoms with Crippen molar-refractivity contribution in [1.29, 1.82) is 0 Å². The standard InChI is InChI=1S/C15H24N2O3/c1-4-6-15(3,19)10-17-14(18)11-7-12(16)9-13(8-11)20-5-2/h7-9,19H,4-6,10,16H2,1-3H3,(H,17,18). The zero-order valence-corrected chi connectivity index (χ0v) is 12.4. The van der Waals surface area contributed by atoms with Crippen LogP contribution in [0, 0.1) is 0 Å². The van der Waals surface area contributed by atoms with Crippen molar-refractivity contribution in [3.05, 3.63) is 23.8 Å². The van der Waals surface area contributed by atoms with Gasteiger partial charge in [0.15, 0.2) is 0 Å². The van der Waals surface area contributed by atoms with Crippen molar-refractivity contribution in [3.63, 3.8) is 0 Å². The molecule has 0 aliphatic rings. The van der Waals surface area contributed by atoms with Gasteiger partial charge in [0.25, 0.3) is 5.91 Å². The minimum Gasteiger partial charge on any atom is -0.494 e. The van der Waals surface area contributed by atoms with Gasteiger partial charge in [-0.1, -0.05) is 13.3 Å². The van der Waals surface area contributed by atoms with Crippen molar-refractivity contribution in [1.82, 2.24) is 5.32 Å². The SMILES string of the molecule is CCCC(C)(O)CNC(=O)c1cc(N)cc(OCC)c1. The third kappa shape index (κ3) is 5.09. The number of nitrogen functional groups attached to an aromatic ring is 1. The number of carbonyl (C=O) groups is 1. The maximum Gasteiger partial charge on any atom is 0.251 e. The Morgan fingerprint density at radius 3 is 2.70 bits per heavy atom. The number of ether oxygens (including phenoxy) is 1. The molecular weight excluding hydrogens is 256 g/mol. The number of amides is 1. The van der Waals surface area contributed by atoms with E-state index in [1.807, 2.05) is 13.8 Å². The van der Waals surface area contributed by atoms with Gasteiger partial charge in [-0.3, -0.25) is 4.79 Å². The normalized spacial score (nSPS) is 13.6. The first kappa shape index (κ1) is 16.3. The van der Waals surface area contributed by atoms with Crippen LogP contribution >= 0.6 is 0 Å². The highest BCUT2D eigenvalue weighted by molar-refractivity contribution is 5.95. The van der Waals surface area contributed by atoms with E-state index in [2.05, 4.69) is 5.32 Å². The first-order valence-electron chi connectivity index (χ1n) is 6.92. The van der Waals surface area contributed by atoms with Crippen LogP contribution in [0.25, 0.3) is 0 Å². The molecule has 20 heavy (non-hydrogen) atoms. The second kappa shape index (κ2) is 7.14. The molecule has 1 unspecified atom stereocenters. The maximum atomic E-state index is 12.1. The summed E-state index contributed by atoms with van der Waals surface area (Å²) in [5.74, 6) is 0.299. The first-order valence-corrected chi connectivity index (χ1v) is 6.92. The molecule has 112 valence electrons. The van der Waals surface area contributed by atoms with Gasteiger partial charge in [-0.25, -0.2) is 0 Å². The lowest BCUT2D eigenvalue weighted by atomic mass is 10.0. The largest absolute Gasteiger partial charge is 0.494 e. The van der Waals surface area contributed by atoms with Gasteiger partial charge in [-0.15, -0.1) is 0 Å². The van der Waals surface area contributed by atoms with Crippen LogP contribution in [0.4, 0.5) is 5.69 Å². The summed E-state index contributed by atoms with van der Waals surface area (Å²) >= 11 is 0. The van der Waals surface area contributed by atoms with Gasteiger partial charge in [-0.05, 0) is 32.4 Å². The predicted octanol–water partition coefficient (Wildman–Crippen LogP) is 1.95. The number of nitrogens with one attached hydrogen (secondary N) is 1. The molecule has 0 bridgehead atoms. The lowest BCUT2D eigenvalue weighted by Gasteiger charge is -2.23. The van der Waals surface area contributed by atoms with Gasteiger partial charge in [0.1, 0.15) is 5.75 Å². The molecule has 1 rings (SSSR count). The highest BCUT2D eigenvalue weighted by Gasteiger charge is 2.20. The van der Waals surface area contributed by atoms with Gasteiger partial charge in [-0.2, -0.15) is 0 Å². The molecule has 5 heteroatoms. The lowest BCUT2D eigenvalue weighted by Crippen LogP contribution is -2.40. The molecule has 1 atom stereocenters. The molecule has 0 fully saturated rings. The van der Waals surface area contributed by atoms with Gasteiger partial charge >= 0.3 is 0 Å². The third-order valence-corrected chi connectivity index (χ3v) is 2.92. The third-order valence-electron chi connectivity index (χ3n) is 2.92. The molecule has 0 aliphatic heterocycles. The van der Waals surface area contributed by atoms with Crippen LogP contribution in [-0.2, 0) is 0 Å². The molecule has 1 amide bonds. The molecule has 0 radical (unpaired) electrons. The second-order valence-corrected chi connectivity index (χ2v) is 5.15. The average Bonchev–Trinajstić information content (AvgIpc) is 2.35. The Bertz CT molecular complexity index is 458. The topological polar surface area (TPSA) is 84.6 Å². The Labute approximate surface area is 120 Å². The summed E-state index contributed by atoms with van der Waals surface area (Å²) in [6.45, 7) is 6.28. The fraction of sp³-hybridized carbons (Fsp3) is 0.533. The second-order valence-electron chi connectivity index (χ2n) is 5.15. The molecule has 1 aromatic carbocycles. The molecule has 0 aliphatic carbocycles. The maximum absolute atomic E-state index is 12.1. The number of hydrogen-bond donors (Lipinski definition) is 3. The van der Waals surface area contributed by atoms with Crippen LogP contribution in [0.5, 0.6) is 5.75 Å². The van der Waals surface area contributed by atoms with Crippen LogP contribution in [0.1, 0.15) is 44.0 Å².